The molecule has 4 nitrogen and oxygen atoms in total. The molecule has 4 heteroatoms. The summed E-state index contributed by atoms with van der Waals surface area (Å²) in [7, 11) is 4.30. The number of nitrogens with two attached hydrogens (primary N) is 1. The lowest BCUT2D eigenvalue weighted by Crippen LogP contribution is -2.48. The van der Waals surface area contributed by atoms with Crippen LogP contribution in [0.4, 0.5) is 0 Å². The Morgan fingerprint density at radius 1 is 1.00 bits per heavy atom. The Kier molecular flexibility index (Phi) is 4.05. The second-order valence-electron chi connectivity index (χ2n) is 5.66. The summed E-state index contributed by atoms with van der Waals surface area (Å²) in [5, 5.41) is 0. The molecule has 0 radical (unpaired) electrons. The number of rotatable bonds is 4. The molecule has 2 aliphatic carbocycles. The van der Waals surface area contributed by atoms with Crippen molar-refractivity contribution < 1.29 is 4.79 Å². The largest absolute Gasteiger partial charge is 0.336 e. The summed E-state index contributed by atoms with van der Waals surface area (Å²) in [6.45, 7) is 0.171. The van der Waals surface area contributed by atoms with Crippen LogP contribution in [0, 0.1) is 0 Å². The molecule has 2 aliphatic rings. The predicted molar refractivity (Wildman–Crippen MR) is 68.7 cm³/mol. The van der Waals surface area contributed by atoms with Crippen molar-refractivity contribution in [1.29, 1.82) is 0 Å². The van der Waals surface area contributed by atoms with E-state index in [-0.39, 0.29) is 12.5 Å². The molecule has 0 aliphatic heterocycles. The zero-order valence-electron chi connectivity index (χ0n) is 11.1. The van der Waals surface area contributed by atoms with Crippen molar-refractivity contribution in [2.75, 3.05) is 20.6 Å². The molecular weight excluding hydrogens is 214 g/mol. The minimum atomic E-state index is 0.154. The van der Waals surface area contributed by atoms with Crippen LogP contribution in [0.3, 0.4) is 0 Å². The normalized spacial score (nSPS) is 29.4. The van der Waals surface area contributed by atoms with Crippen LogP contribution >= 0.6 is 0 Å². The molecule has 0 spiro atoms. The molecule has 0 aromatic heterocycles. The second kappa shape index (κ2) is 5.36. The van der Waals surface area contributed by atoms with Crippen LogP contribution in [-0.4, -0.2) is 54.5 Å². The lowest BCUT2D eigenvalue weighted by atomic mass is 9.89. The Morgan fingerprint density at radius 2 is 1.41 bits per heavy atom. The van der Waals surface area contributed by atoms with Gasteiger partial charge in [-0.15, -0.1) is 0 Å². The first-order valence-corrected chi connectivity index (χ1v) is 6.81. The van der Waals surface area contributed by atoms with Crippen molar-refractivity contribution >= 4 is 5.91 Å². The summed E-state index contributed by atoms with van der Waals surface area (Å²) in [5.41, 5.74) is 5.52. The third-order valence-corrected chi connectivity index (χ3v) is 4.19. The highest BCUT2D eigenvalue weighted by Crippen LogP contribution is 2.34. The van der Waals surface area contributed by atoms with Gasteiger partial charge in [-0.3, -0.25) is 4.79 Å². The molecule has 17 heavy (non-hydrogen) atoms. The first kappa shape index (κ1) is 12.8. The van der Waals surface area contributed by atoms with Gasteiger partial charge in [0.25, 0.3) is 0 Å². The van der Waals surface area contributed by atoms with Crippen LogP contribution in [0.15, 0.2) is 0 Å². The van der Waals surface area contributed by atoms with Gasteiger partial charge in [0.05, 0.1) is 6.54 Å². The summed E-state index contributed by atoms with van der Waals surface area (Å²) in [5.74, 6) is 0.154. The van der Waals surface area contributed by atoms with Gasteiger partial charge in [0, 0.05) is 18.1 Å². The van der Waals surface area contributed by atoms with E-state index in [0.717, 1.165) is 12.8 Å². The van der Waals surface area contributed by atoms with Crippen LogP contribution in [0.5, 0.6) is 0 Å². The van der Waals surface area contributed by atoms with Crippen molar-refractivity contribution in [3.63, 3.8) is 0 Å². The quantitative estimate of drug-likeness (QED) is 0.790. The highest BCUT2D eigenvalue weighted by atomic mass is 16.2. The van der Waals surface area contributed by atoms with Gasteiger partial charge >= 0.3 is 0 Å². The van der Waals surface area contributed by atoms with Gasteiger partial charge in [-0.05, 0) is 52.6 Å². The maximum absolute atomic E-state index is 11.9. The van der Waals surface area contributed by atoms with E-state index in [0.29, 0.717) is 18.1 Å². The highest BCUT2D eigenvalue weighted by Gasteiger charge is 2.38. The van der Waals surface area contributed by atoms with E-state index >= 15 is 0 Å². The number of carbonyl (C=O) groups excluding carboxylic acids is 1. The number of hydrogen-bond acceptors (Lipinski definition) is 3. The average Bonchev–Trinajstić information content (AvgIpc) is 3.14. The van der Waals surface area contributed by atoms with Gasteiger partial charge in [0.15, 0.2) is 0 Å². The molecule has 0 unspecified atom stereocenters. The summed E-state index contributed by atoms with van der Waals surface area (Å²) >= 11 is 0. The monoisotopic (exact) mass is 239 g/mol. The Morgan fingerprint density at radius 3 is 1.76 bits per heavy atom. The third-order valence-electron chi connectivity index (χ3n) is 4.19. The van der Waals surface area contributed by atoms with E-state index in [2.05, 4.69) is 23.9 Å². The van der Waals surface area contributed by atoms with Crippen LogP contribution < -0.4 is 5.73 Å². The maximum Gasteiger partial charge on any atom is 0.236 e. The molecule has 98 valence electrons. The molecule has 2 saturated carbocycles. The Labute approximate surface area is 104 Å². The molecule has 0 heterocycles. The first-order chi connectivity index (χ1) is 8.13. The SMILES string of the molecule is CN(C)C1CCC(N(C(=O)CN)C2CC2)CC1. The lowest BCUT2D eigenvalue weighted by molar-refractivity contribution is -0.133. The smallest absolute Gasteiger partial charge is 0.236 e. The summed E-state index contributed by atoms with van der Waals surface area (Å²) in [6.07, 6.45) is 7.06. The zero-order valence-corrected chi connectivity index (χ0v) is 11.1. The Hall–Kier alpha value is -0.610. The van der Waals surface area contributed by atoms with Crippen molar-refractivity contribution in [2.24, 2.45) is 5.73 Å². The van der Waals surface area contributed by atoms with Gasteiger partial charge in [-0.2, -0.15) is 0 Å². The van der Waals surface area contributed by atoms with Gasteiger partial charge < -0.3 is 15.5 Å². The van der Waals surface area contributed by atoms with Crippen molar-refractivity contribution in [3.8, 4) is 0 Å². The van der Waals surface area contributed by atoms with Crippen LogP contribution in [0.2, 0.25) is 0 Å². The number of amides is 1. The van der Waals surface area contributed by atoms with E-state index < -0.39 is 0 Å². The van der Waals surface area contributed by atoms with Gasteiger partial charge in [0.1, 0.15) is 0 Å². The molecular formula is C13H25N3O. The highest BCUT2D eigenvalue weighted by molar-refractivity contribution is 5.79. The number of nitrogens with zero attached hydrogens (tertiary/aromatic N) is 2. The minimum Gasteiger partial charge on any atom is -0.336 e. The fourth-order valence-electron chi connectivity index (χ4n) is 3.02. The minimum absolute atomic E-state index is 0.154. The molecule has 0 bridgehead atoms. The molecule has 0 aromatic rings. The predicted octanol–water partition coefficient (Wildman–Crippen LogP) is 0.809. The van der Waals surface area contributed by atoms with Crippen LogP contribution in [0.25, 0.3) is 0 Å². The summed E-state index contributed by atoms with van der Waals surface area (Å²) in [4.78, 5) is 16.3. The number of carbonyl (C=O) groups is 1. The summed E-state index contributed by atoms with van der Waals surface area (Å²) < 4.78 is 0. The Balaban J connectivity index is 1.91. The lowest BCUT2D eigenvalue weighted by Gasteiger charge is -2.39. The van der Waals surface area contributed by atoms with E-state index in [4.69, 9.17) is 5.73 Å². The molecule has 0 saturated heterocycles. The van der Waals surface area contributed by atoms with Gasteiger partial charge in [0.2, 0.25) is 5.91 Å². The van der Waals surface area contributed by atoms with Crippen LogP contribution in [0.1, 0.15) is 38.5 Å². The summed E-state index contributed by atoms with van der Waals surface area (Å²) in [6, 6.07) is 1.65. The first-order valence-electron chi connectivity index (χ1n) is 6.81. The average molecular weight is 239 g/mol. The van der Waals surface area contributed by atoms with Crippen molar-refractivity contribution in [1.82, 2.24) is 9.80 Å². The third kappa shape index (κ3) is 2.99. The topological polar surface area (TPSA) is 49.6 Å². The van der Waals surface area contributed by atoms with Gasteiger partial charge in [-0.25, -0.2) is 0 Å². The molecule has 1 amide bonds. The number of hydrogen-bond donors (Lipinski definition) is 1. The zero-order chi connectivity index (χ0) is 12.4. The molecule has 2 N–H and O–H groups in total. The van der Waals surface area contributed by atoms with Crippen LogP contribution in [-0.2, 0) is 4.79 Å². The fraction of sp³-hybridized carbons (Fsp3) is 0.923. The van der Waals surface area contributed by atoms with E-state index in [1.165, 1.54) is 25.7 Å². The fourth-order valence-corrected chi connectivity index (χ4v) is 3.02. The second-order valence-corrected chi connectivity index (χ2v) is 5.66. The van der Waals surface area contributed by atoms with E-state index in [1.807, 2.05) is 0 Å². The van der Waals surface area contributed by atoms with E-state index in [9.17, 15) is 4.79 Å². The standard InChI is InChI=1S/C13H25N3O/c1-15(2)10-3-5-11(6-4-10)16(12-7-8-12)13(17)9-14/h10-12H,3-9,14H2,1-2H3. The Bertz CT molecular complexity index is 268. The maximum atomic E-state index is 11.9. The van der Waals surface area contributed by atoms with Gasteiger partial charge in [-0.1, -0.05) is 0 Å². The van der Waals surface area contributed by atoms with E-state index in [1.54, 1.807) is 0 Å². The molecule has 0 aromatic carbocycles. The molecule has 2 rings (SSSR count). The van der Waals surface area contributed by atoms with Crippen molar-refractivity contribution in [2.45, 2.75) is 56.7 Å². The molecule has 2 fully saturated rings. The molecule has 0 atom stereocenters. The van der Waals surface area contributed by atoms with Crippen molar-refractivity contribution in [3.05, 3.63) is 0 Å².